The van der Waals surface area contributed by atoms with Gasteiger partial charge in [-0.25, -0.2) is 0 Å². The van der Waals surface area contributed by atoms with E-state index >= 15 is 0 Å². The molecule has 0 heterocycles. The van der Waals surface area contributed by atoms with Crippen molar-refractivity contribution in [3.05, 3.63) is 41.0 Å². The summed E-state index contributed by atoms with van der Waals surface area (Å²) in [5, 5.41) is 0. The molecule has 15 heavy (non-hydrogen) atoms. The molecule has 79 valence electrons. The summed E-state index contributed by atoms with van der Waals surface area (Å²) in [6.45, 7) is 1.48. The van der Waals surface area contributed by atoms with Gasteiger partial charge in [0.2, 0.25) is 6.29 Å². The molecule has 0 N–H and O–H groups in total. The van der Waals surface area contributed by atoms with Gasteiger partial charge in [0, 0.05) is 5.57 Å². The Morgan fingerprint density at radius 1 is 1.40 bits per heavy atom. The predicted octanol–water partition coefficient (Wildman–Crippen LogP) is 3.22. The lowest BCUT2D eigenvalue weighted by Crippen LogP contribution is -2.04. The molecule has 1 radical (unpaired) electrons. The van der Waals surface area contributed by atoms with Gasteiger partial charge in [-0.3, -0.25) is 4.79 Å². The Morgan fingerprint density at radius 3 is 2.60 bits per heavy atom. The molecule has 1 nitrogen and oxygen atoms in total. The van der Waals surface area contributed by atoms with Crippen molar-refractivity contribution in [1.82, 2.24) is 0 Å². The van der Waals surface area contributed by atoms with E-state index in [4.69, 9.17) is 0 Å². The van der Waals surface area contributed by atoms with Crippen LogP contribution in [0.25, 0.3) is 6.08 Å². The van der Waals surface area contributed by atoms with Crippen molar-refractivity contribution >= 4 is 12.4 Å². The highest BCUT2D eigenvalue weighted by molar-refractivity contribution is 5.81. The minimum absolute atomic E-state index is 0.259. The van der Waals surface area contributed by atoms with E-state index in [0.717, 1.165) is 12.1 Å². The molecule has 0 saturated heterocycles. The first-order valence-corrected chi connectivity index (χ1v) is 4.17. The Hall–Kier alpha value is -1.58. The lowest BCUT2D eigenvalue weighted by molar-refractivity contribution is -0.137. The maximum absolute atomic E-state index is 12.3. The molecule has 0 fully saturated rings. The molecule has 0 aliphatic carbocycles. The average Bonchev–Trinajstić information content (AvgIpc) is 2.17. The summed E-state index contributed by atoms with van der Waals surface area (Å²) in [6, 6.07) is 4.76. The van der Waals surface area contributed by atoms with Crippen molar-refractivity contribution in [2.75, 3.05) is 0 Å². The number of carbonyl (C=O) groups excluding carboxylic acids is 1. The number of allylic oxidation sites excluding steroid dienone is 1. The Morgan fingerprint density at radius 2 is 2.07 bits per heavy atom. The summed E-state index contributed by atoms with van der Waals surface area (Å²) in [5.74, 6) is 0. The molecule has 1 rings (SSSR count). The van der Waals surface area contributed by atoms with Crippen molar-refractivity contribution in [2.45, 2.75) is 13.1 Å². The third-order valence-electron chi connectivity index (χ3n) is 1.76. The first-order valence-electron chi connectivity index (χ1n) is 4.17. The van der Waals surface area contributed by atoms with Gasteiger partial charge in [0.05, 0.1) is 5.56 Å². The molecule has 1 aromatic rings. The monoisotopic (exact) mass is 213 g/mol. The highest BCUT2D eigenvalue weighted by Gasteiger charge is 2.30. The van der Waals surface area contributed by atoms with Crippen LogP contribution in [0, 0.1) is 0 Å². The standard InChI is InChI=1S/C11H8F3O/c1-8(7-15)5-9-3-2-4-10(6-9)11(12,13)14/h2-6H,1H3. The Kier molecular flexibility index (Phi) is 3.29. The Balaban J connectivity index is 3.09. The van der Waals surface area contributed by atoms with Crippen LogP contribution in [0.2, 0.25) is 0 Å². The topological polar surface area (TPSA) is 17.1 Å². The fourth-order valence-corrected chi connectivity index (χ4v) is 1.08. The number of hydrogen-bond donors (Lipinski definition) is 0. The molecule has 0 aliphatic heterocycles. The number of rotatable bonds is 2. The van der Waals surface area contributed by atoms with E-state index in [1.165, 1.54) is 25.1 Å². The van der Waals surface area contributed by atoms with E-state index in [1.807, 2.05) is 0 Å². The maximum Gasteiger partial charge on any atom is 0.416 e. The van der Waals surface area contributed by atoms with Crippen LogP contribution in [-0.2, 0) is 11.0 Å². The van der Waals surface area contributed by atoms with E-state index < -0.39 is 11.7 Å². The maximum atomic E-state index is 12.3. The second kappa shape index (κ2) is 4.29. The molecule has 0 amide bonds. The minimum Gasteiger partial charge on any atom is -0.285 e. The number of alkyl halides is 3. The zero-order chi connectivity index (χ0) is 11.5. The van der Waals surface area contributed by atoms with Crippen molar-refractivity contribution < 1.29 is 18.0 Å². The Bertz CT molecular complexity index is 391. The molecule has 0 bridgehead atoms. The molecule has 0 unspecified atom stereocenters. The number of hydrogen-bond acceptors (Lipinski definition) is 1. The molecular formula is C11H8F3O. The molecule has 1 aromatic carbocycles. The van der Waals surface area contributed by atoms with E-state index in [2.05, 4.69) is 0 Å². The van der Waals surface area contributed by atoms with Crippen molar-refractivity contribution in [1.29, 1.82) is 0 Å². The van der Waals surface area contributed by atoms with Crippen LogP contribution in [0.3, 0.4) is 0 Å². The molecular weight excluding hydrogens is 205 g/mol. The normalized spacial score (nSPS) is 12.7. The summed E-state index contributed by atoms with van der Waals surface area (Å²) in [5.41, 5.74) is -0.130. The quantitative estimate of drug-likeness (QED) is 0.689. The van der Waals surface area contributed by atoms with Gasteiger partial charge in [-0.05, 0) is 30.7 Å². The lowest BCUT2D eigenvalue weighted by atomic mass is 10.1. The van der Waals surface area contributed by atoms with Crippen LogP contribution in [0.5, 0.6) is 0 Å². The lowest BCUT2D eigenvalue weighted by Gasteiger charge is -2.06. The fraction of sp³-hybridized carbons (Fsp3) is 0.182. The van der Waals surface area contributed by atoms with Gasteiger partial charge in [0.25, 0.3) is 0 Å². The van der Waals surface area contributed by atoms with Crippen LogP contribution in [0.15, 0.2) is 29.8 Å². The summed E-state index contributed by atoms with van der Waals surface area (Å²) < 4.78 is 36.9. The van der Waals surface area contributed by atoms with Crippen LogP contribution < -0.4 is 0 Å². The van der Waals surface area contributed by atoms with E-state index in [1.54, 1.807) is 6.29 Å². The van der Waals surface area contributed by atoms with Gasteiger partial charge < -0.3 is 0 Å². The highest BCUT2D eigenvalue weighted by atomic mass is 19.4. The molecule has 0 saturated carbocycles. The third-order valence-corrected chi connectivity index (χ3v) is 1.76. The Labute approximate surface area is 85.2 Å². The summed E-state index contributed by atoms with van der Waals surface area (Å²) >= 11 is 0. The molecule has 0 aliphatic rings. The largest absolute Gasteiger partial charge is 0.416 e. The second-order valence-corrected chi connectivity index (χ2v) is 3.05. The van der Waals surface area contributed by atoms with Gasteiger partial charge in [-0.1, -0.05) is 12.1 Å². The van der Waals surface area contributed by atoms with Crippen LogP contribution >= 0.6 is 0 Å². The zero-order valence-electron chi connectivity index (χ0n) is 7.93. The minimum atomic E-state index is -4.36. The van der Waals surface area contributed by atoms with Gasteiger partial charge in [-0.15, -0.1) is 0 Å². The van der Waals surface area contributed by atoms with Crippen LogP contribution in [0.4, 0.5) is 13.2 Å². The first kappa shape index (κ1) is 11.5. The van der Waals surface area contributed by atoms with Crippen molar-refractivity contribution in [3.8, 4) is 0 Å². The smallest absolute Gasteiger partial charge is 0.285 e. The SMILES string of the molecule is CC([C]=O)=Cc1cccc(C(F)(F)F)c1. The molecule has 4 heteroatoms. The van der Waals surface area contributed by atoms with E-state index in [9.17, 15) is 18.0 Å². The van der Waals surface area contributed by atoms with Gasteiger partial charge >= 0.3 is 6.18 Å². The van der Waals surface area contributed by atoms with Crippen molar-refractivity contribution in [3.63, 3.8) is 0 Å². The fourth-order valence-electron chi connectivity index (χ4n) is 1.08. The second-order valence-electron chi connectivity index (χ2n) is 3.05. The van der Waals surface area contributed by atoms with Gasteiger partial charge in [0.15, 0.2) is 0 Å². The van der Waals surface area contributed by atoms with Gasteiger partial charge in [-0.2, -0.15) is 13.2 Å². The first-order chi connectivity index (χ1) is 6.93. The molecule has 0 spiro atoms. The van der Waals surface area contributed by atoms with Crippen LogP contribution in [-0.4, -0.2) is 6.29 Å². The molecule has 0 atom stereocenters. The zero-order valence-corrected chi connectivity index (χ0v) is 7.93. The summed E-state index contributed by atoms with van der Waals surface area (Å²) in [6.07, 6.45) is -1.41. The van der Waals surface area contributed by atoms with E-state index in [-0.39, 0.29) is 5.57 Å². The predicted molar refractivity (Wildman–Crippen MR) is 50.8 cm³/mol. The van der Waals surface area contributed by atoms with E-state index in [0.29, 0.717) is 5.56 Å². The highest BCUT2D eigenvalue weighted by Crippen LogP contribution is 2.29. The van der Waals surface area contributed by atoms with Crippen LogP contribution in [0.1, 0.15) is 18.1 Å². The number of halogens is 3. The third kappa shape index (κ3) is 3.23. The van der Waals surface area contributed by atoms with Gasteiger partial charge in [0.1, 0.15) is 0 Å². The van der Waals surface area contributed by atoms with Crippen molar-refractivity contribution in [2.24, 2.45) is 0 Å². The molecule has 0 aromatic heterocycles. The average molecular weight is 213 g/mol. The number of benzene rings is 1. The summed E-state index contributed by atoms with van der Waals surface area (Å²) in [4.78, 5) is 10.2. The summed E-state index contributed by atoms with van der Waals surface area (Å²) in [7, 11) is 0.